The van der Waals surface area contributed by atoms with Crippen molar-refractivity contribution >= 4 is 22.9 Å². The second-order valence-electron chi connectivity index (χ2n) is 5.27. The van der Waals surface area contributed by atoms with E-state index in [1.165, 1.54) is 17.0 Å². The lowest BCUT2D eigenvalue weighted by molar-refractivity contribution is -0.385. The second-order valence-corrected chi connectivity index (χ2v) is 6.25. The molecule has 1 atom stereocenters. The monoisotopic (exact) mass is 332 g/mol. The molecule has 1 saturated heterocycles. The Morgan fingerprint density at radius 2 is 2.17 bits per heavy atom. The van der Waals surface area contributed by atoms with Crippen LogP contribution in [0.1, 0.15) is 23.8 Å². The highest BCUT2D eigenvalue weighted by Crippen LogP contribution is 2.34. The van der Waals surface area contributed by atoms with Gasteiger partial charge in [0.15, 0.2) is 12.4 Å². The largest absolute Gasteiger partial charge is 0.477 e. The van der Waals surface area contributed by atoms with E-state index in [-0.39, 0.29) is 30.0 Å². The zero-order valence-electron chi connectivity index (χ0n) is 12.4. The first-order valence-electron chi connectivity index (χ1n) is 7.36. The van der Waals surface area contributed by atoms with Gasteiger partial charge in [0.05, 0.1) is 11.0 Å². The number of hydrogen-bond acceptors (Lipinski definition) is 5. The van der Waals surface area contributed by atoms with Gasteiger partial charge in [-0.2, -0.15) is 0 Å². The van der Waals surface area contributed by atoms with Crippen LogP contribution in [0.2, 0.25) is 0 Å². The van der Waals surface area contributed by atoms with Crippen molar-refractivity contribution in [3.05, 3.63) is 56.8 Å². The Kier molecular flexibility index (Phi) is 4.57. The van der Waals surface area contributed by atoms with E-state index >= 15 is 0 Å². The van der Waals surface area contributed by atoms with E-state index < -0.39 is 4.92 Å². The summed E-state index contributed by atoms with van der Waals surface area (Å²) in [7, 11) is 0. The lowest BCUT2D eigenvalue weighted by atomic mass is 10.2. The Hall–Kier alpha value is -2.41. The normalized spacial score (nSPS) is 17.2. The summed E-state index contributed by atoms with van der Waals surface area (Å²) in [6, 6.07) is 10.2. The van der Waals surface area contributed by atoms with Crippen LogP contribution in [0, 0.1) is 10.1 Å². The highest BCUT2D eigenvalue weighted by atomic mass is 32.1. The van der Waals surface area contributed by atoms with Crippen LogP contribution in [-0.2, 0) is 4.79 Å². The van der Waals surface area contributed by atoms with Gasteiger partial charge in [0.25, 0.3) is 5.91 Å². The number of nitrogens with zero attached hydrogens (tertiary/aromatic N) is 2. The number of ether oxygens (including phenoxy) is 1. The molecule has 1 aromatic carbocycles. The maximum Gasteiger partial charge on any atom is 0.310 e. The van der Waals surface area contributed by atoms with Crippen molar-refractivity contribution in [3.8, 4) is 5.75 Å². The molecular weight excluding hydrogens is 316 g/mol. The van der Waals surface area contributed by atoms with E-state index in [1.54, 1.807) is 28.4 Å². The zero-order chi connectivity index (χ0) is 16.2. The number of rotatable bonds is 5. The predicted octanol–water partition coefficient (Wildman–Crippen LogP) is 3.40. The number of likely N-dealkylation sites (tertiary alicyclic amines) is 1. The number of nitro groups is 1. The molecule has 6 nitrogen and oxygen atoms in total. The number of nitro benzene ring substituents is 1. The summed E-state index contributed by atoms with van der Waals surface area (Å²) >= 11 is 1.64. The molecule has 0 bridgehead atoms. The minimum Gasteiger partial charge on any atom is -0.477 e. The average molecular weight is 332 g/mol. The van der Waals surface area contributed by atoms with E-state index in [4.69, 9.17) is 4.74 Å². The molecule has 1 amide bonds. The maximum absolute atomic E-state index is 12.4. The van der Waals surface area contributed by atoms with Crippen molar-refractivity contribution in [1.29, 1.82) is 0 Å². The molecular formula is C16H16N2O4S. The molecule has 0 saturated carbocycles. The standard InChI is InChI=1S/C16H16N2O4S/c19-16(11-22-14-7-2-1-5-12(14)18(20)21)17-9-3-6-13(17)15-8-4-10-23-15/h1-2,4-5,7-8,10,13H,3,6,9,11H2/t13-/m1/s1. The van der Waals surface area contributed by atoms with Gasteiger partial charge in [0.1, 0.15) is 0 Å². The molecule has 2 aromatic rings. The minimum absolute atomic E-state index is 0.0943. The molecule has 7 heteroatoms. The van der Waals surface area contributed by atoms with Crippen LogP contribution in [-0.4, -0.2) is 28.9 Å². The molecule has 0 N–H and O–H groups in total. The topological polar surface area (TPSA) is 72.7 Å². The van der Waals surface area contributed by atoms with Crippen LogP contribution in [0.15, 0.2) is 41.8 Å². The second kappa shape index (κ2) is 6.78. The predicted molar refractivity (Wildman–Crippen MR) is 86.6 cm³/mol. The molecule has 0 aliphatic carbocycles. The quantitative estimate of drug-likeness (QED) is 0.621. The molecule has 2 heterocycles. The molecule has 1 fully saturated rings. The van der Waals surface area contributed by atoms with Crippen LogP contribution in [0.25, 0.3) is 0 Å². The Morgan fingerprint density at radius 1 is 1.35 bits per heavy atom. The smallest absolute Gasteiger partial charge is 0.310 e. The van der Waals surface area contributed by atoms with Crippen molar-refractivity contribution in [3.63, 3.8) is 0 Å². The number of carbonyl (C=O) groups is 1. The third kappa shape index (κ3) is 3.34. The van der Waals surface area contributed by atoms with Crippen LogP contribution in [0.3, 0.4) is 0 Å². The summed E-state index contributed by atoms with van der Waals surface area (Å²) in [6.45, 7) is 0.508. The maximum atomic E-state index is 12.4. The molecule has 120 valence electrons. The summed E-state index contributed by atoms with van der Waals surface area (Å²) < 4.78 is 5.41. The Labute approximate surface area is 137 Å². The van der Waals surface area contributed by atoms with Crippen molar-refractivity contribution < 1.29 is 14.5 Å². The van der Waals surface area contributed by atoms with Crippen molar-refractivity contribution in [2.24, 2.45) is 0 Å². The third-order valence-corrected chi connectivity index (χ3v) is 4.83. The van der Waals surface area contributed by atoms with Crippen molar-refractivity contribution in [2.75, 3.05) is 13.2 Å². The van der Waals surface area contributed by atoms with Gasteiger partial charge < -0.3 is 9.64 Å². The van der Waals surface area contributed by atoms with Gasteiger partial charge >= 0.3 is 5.69 Å². The van der Waals surface area contributed by atoms with E-state index in [0.717, 1.165) is 12.8 Å². The van der Waals surface area contributed by atoms with Gasteiger partial charge in [-0.3, -0.25) is 14.9 Å². The highest BCUT2D eigenvalue weighted by Gasteiger charge is 2.31. The summed E-state index contributed by atoms with van der Waals surface area (Å²) in [5.41, 5.74) is -0.128. The van der Waals surface area contributed by atoms with Crippen LogP contribution >= 0.6 is 11.3 Å². The summed E-state index contributed by atoms with van der Waals surface area (Å²) in [6.07, 6.45) is 1.90. The lowest BCUT2D eigenvalue weighted by Gasteiger charge is -2.23. The van der Waals surface area contributed by atoms with Gasteiger partial charge in [-0.15, -0.1) is 11.3 Å². The van der Waals surface area contributed by atoms with Crippen molar-refractivity contribution in [2.45, 2.75) is 18.9 Å². The highest BCUT2D eigenvalue weighted by molar-refractivity contribution is 7.10. The summed E-state index contributed by atoms with van der Waals surface area (Å²) in [5, 5.41) is 13.0. The average Bonchev–Trinajstić information content (AvgIpc) is 3.23. The summed E-state index contributed by atoms with van der Waals surface area (Å²) in [4.78, 5) is 25.9. The Bertz CT molecular complexity index is 702. The fourth-order valence-electron chi connectivity index (χ4n) is 2.79. The first-order valence-corrected chi connectivity index (χ1v) is 8.24. The van der Waals surface area contributed by atoms with Gasteiger partial charge in [0, 0.05) is 17.5 Å². The molecule has 0 radical (unpaired) electrons. The molecule has 0 spiro atoms. The van der Waals surface area contributed by atoms with Crippen molar-refractivity contribution in [1.82, 2.24) is 4.90 Å². The number of para-hydroxylation sites is 2. The molecule has 3 rings (SSSR count). The van der Waals surface area contributed by atoms with E-state index in [0.29, 0.717) is 6.54 Å². The minimum atomic E-state index is -0.510. The molecule has 1 aliphatic heterocycles. The number of carbonyl (C=O) groups excluding carboxylic acids is 1. The zero-order valence-corrected chi connectivity index (χ0v) is 13.2. The summed E-state index contributed by atoms with van der Waals surface area (Å²) in [5.74, 6) is -0.0169. The first kappa shape index (κ1) is 15.5. The molecule has 0 unspecified atom stereocenters. The van der Waals surface area contributed by atoms with Crippen LogP contribution < -0.4 is 4.74 Å². The van der Waals surface area contributed by atoms with Crippen LogP contribution in [0.4, 0.5) is 5.69 Å². The number of hydrogen-bond donors (Lipinski definition) is 0. The van der Waals surface area contributed by atoms with E-state index in [2.05, 4.69) is 0 Å². The molecule has 1 aromatic heterocycles. The van der Waals surface area contributed by atoms with Gasteiger partial charge in [-0.25, -0.2) is 0 Å². The van der Waals surface area contributed by atoms with E-state index in [9.17, 15) is 14.9 Å². The van der Waals surface area contributed by atoms with Gasteiger partial charge in [-0.1, -0.05) is 18.2 Å². The SMILES string of the molecule is O=C(COc1ccccc1[N+](=O)[O-])N1CCC[C@@H]1c1cccs1. The molecule has 1 aliphatic rings. The van der Waals surface area contributed by atoms with Gasteiger partial charge in [-0.05, 0) is 30.4 Å². The number of benzene rings is 1. The van der Waals surface area contributed by atoms with Crippen LogP contribution in [0.5, 0.6) is 5.75 Å². The number of thiophene rings is 1. The Morgan fingerprint density at radius 3 is 2.91 bits per heavy atom. The van der Waals surface area contributed by atoms with Gasteiger partial charge in [0.2, 0.25) is 0 Å². The third-order valence-electron chi connectivity index (χ3n) is 3.86. The number of amides is 1. The lowest BCUT2D eigenvalue weighted by Crippen LogP contribution is -2.34. The Balaban J connectivity index is 1.67. The first-order chi connectivity index (χ1) is 11.2. The fourth-order valence-corrected chi connectivity index (χ4v) is 3.67. The van der Waals surface area contributed by atoms with E-state index in [1.807, 2.05) is 17.5 Å². The fraction of sp³-hybridized carbons (Fsp3) is 0.312. The molecule has 23 heavy (non-hydrogen) atoms.